The lowest BCUT2D eigenvalue weighted by Crippen LogP contribution is -1.91. The first-order valence-corrected chi connectivity index (χ1v) is 37.7. The van der Waals surface area contributed by atoms with Crippen LogP contribution in [0.4, 0.5) is 0 Å². The van der Waals surface area contributed by atoms with E-state index >= 15 is 0 Å². The van der Waals surface area contributed by atoms with Gasteiger partial charge in [-0.1, -0.05) is 303 Å². The summed E-state index contributed by atoms with van der Waals surface area (Å²) in [7, 11) is 0. The Hall–Kier alpha value is -15.1. The first kappa shape index (κ1) is 65.2. The second-order valence-corrected chi connectivity index (χ2v) is 28.6. The van der Waals surface area contributed by atoms with Gasteiger partial charge in [-0.25, -0.2) is 39.9 Å². The van der Waals surface area contributed by atoms with E-state index in [4.69, 9.17) is 39.9 Å². The standard InChI is InChI=1S/C56H34N4.C48H30N4/c1-2-7-36(8-3-1)50-28-22-40-16-17-41-23-29-51(60-56(41)55(40)59-50)38-13-11-37(12-14-38)49-27-21-39-15-19-46(34-54(39)58-49)53-31-25-45-33-43(24-30-52(45)57-53)42-20-26-48-44(32-42)18-10-35-6-4-5-9-47(35)48;1-3-8-31(9-4-1)39-12-7-13-45-40(39)25-29-44(49-45)38-21-18-35-22-26-41(50-46(35)30-38)33-14-16-34(17-15-33)43-28-24-37-20-19-36-23-27-42(32-10-5-2-6-11-32)51-47(36)48(37)52-43/h1-34H;1-30H. The van der Waals surface area contributed by atoms with Crippen molar-refractivity contribution >= 4 is 109 Å². The van der Waals surface area contributed by atoms with Gasteiger partial charge in [-0.2, -0.15) is 0 Å². The predicted octanol–water partition coefficient (Wildman–Crippen LogP) is 26.7. The highest BCUT2D eigenvalue weighted by Gasteiger charge is 2.16. The third kappa shape index (κ3) is 12.3. The lowest BCUT2D eigenvalue weighted by atomic mass is 9.96. The average molecular weight is 1430 g/mol. The number of hydrogen-bond donors (Lipinski definition) is 0. The van der Waals surface area contributed by atoms with E-state index in [0.717, 1.165) is 177 Å². The van der Waals surface area contributed by atoms with E-state index in [1.54, 1.807) is 0 Å². The molecule has 0 unspecified atom stereocenters. The highest BCUT2D eigenvalue weighted by atomic mass is 14.8. The maximum atomic E-state index is 5.16. The van der Waals surface area contributed by atoms with Crippen molar-refractivity contribution in [1.82, 2.24) is 39.9 Å². The van der Waals surface area contributed by atoms with Crippen molar-refractivity contribution in [1.29, 1.82) is 0 Å². The van der Waals surface area contributed by atoms with Crippen LogP contribution in [0, 0.1) is 0 Å². The number of benzene rings is 14. The van der Waals surface area contributed by atoms with Gasteiger partial charge in [0.05, 0.1) is 89.7 Å². The second kappa shape index (κ2) is 27.6. The molecule has 22 rings (SSSR count). The van der Waals surface area contributed by atoms with Gasteiger partial charge in [-0.3, -0.25) is 0 Å². The molecule has 8 nitrogen and oxygen atoms in total. The highest BCUT2D eigenvalue weighted by Crippen LogP contribution is 2.38. The Morgan fingerprint density at radius 3 is 0.920 bits per heavy atom. The van der Waals surface area contributed by atoms with Gasteiger partial charge in [0.25, 0.3) is 0 Å². The van der Waals surface area contributed by atoms with Gasteiger partial charge in [0.2, 0.25) is 0 Å². The monoisotopic (exact) mass is 1420 g/mol. The Balaban J connectivity index is 0.000000143. The fourth-order valence-corrected chi connectivity index (χ4v) is 15.7. The predicted molar refractivity (Wildman–Crippen MR) is 465 cm³/mol. The van der Waals surface area contributed by atoms with Gasteiger partial charge in [-0.15, -0.1) is 0 Å². The quantitative estimate of drug-likeness (QED) is 0.125. The zero-order chi connectivity index (χ0) is 74.0. The zero-order valence-corrected chi connectivity index (χ0v) is 60.5. The second-order valence-electron chi connectivity index (χ2n) is 28.6. The molecule has 0 radical (unpaired) electrons. The molecule has 0 atom stereocenters. The smallest absolute Gasteiger partial charge is 0.0972 e. The molecule has 0 aliphatic carbocycles. The SMILES string of the molecule is c1ccc(-c2ccc3ccc4ccc(-c5ccc(-c6ccc7ccc(-c8ccc9c(-c%10ccccc%10)cccc9n8)cc7n6)cc5)nc4c3n2)cc1.c1ccc(-c2ccc3ccc4ccc(-c5ccc(-c6ccc7ccc(-c8ccc9cc(-c%10ccc%11c(ccc%12ccccc%12%11)c%10)ccc9n8)cc7n6)cc5)nc4c3n2)cc1. The molecule has 8 heteroatoms. The van der Waals surface area contributed by atoms with Crippen LogP contribution in [0.2, 0.25) is 0 Å². The fraction of sp³-hybridized carbons (Fsp3) is 0. The van der Waals surface area contributed by atoms with Crippen LogP contribution < -0.4 is 0 Å². The van der Waals surface area contributed by atoms with Gasteiger partial charge < -0.3 is 0 Å². The van der Waals surface area contributed by atoms with Crippen molar-refractivity contribution in [2.75, 3.05) is 0 Å². The molecule has 0 amide bonds. The molecule has 0 aliphatic rings. The summed E-state index contributed by atoms with van der Waals surface area (Å²) >= 11 is 0. The molecule has 0 saturated heterocycles. The lowest BCUT2D eigenvalue weighted by molar-refractivity contribution is 1.36. The van der Waals surface area contributed by atoms with Crippen molar-refractivity contribution in [3.8, 4) is 112 Å². The van der Waals surface area contributed by atoms with Crippen LogP contribution in [0.5, 0.6) is 0 Å². The summed E-state index contributed by atoms with van der Waals surface area (Å²) in [4.78, 5) is 40.9. The Bertz CT molecular complexity index is 7480. The minimum atomic E-state index is 0.902. The summed E-state index contributed by atoms with van der Waals surface area (Å²) in [6, 6.07) is 136. The van der Waals surface area contributed by atoms with Crippen molar-refractivity contribution in [3.05, 3.63) is 388 Å². The minimum absolute atomic E-state index is 0.902. The van der Waals surface area contributed by atoms with E-state index in [1.807, 2.05) is 42.5 Å². The summed E-state index contributed by atoms with van der Waals surface area (Å²) in [5.74, 6) is 0. The van der Waals surface area contributed by atoms with E-state index in [2.05, 4.69) is 346 Å². The largest absolute Gasteiger partial charge is 0.248 e. The number of rotatable bonds is 10. The number of pyridine rings is 8. The summed E-state index contributed by atoms with van der Waals surface area (Å²) in [5, 5.41) is 13.8. The van der Waals surface area contributed by atoms with Crippen LogP contribution in [0.3, 0.4) is 0 Å². The van der Waals surface area contributed by atoms with E-state index in [9.17, 15) is 0 Å². The molecular formula is C104H64N8. The molecule has 520 valence electrons. The lowest BCUT2D eigenvalue weighted by Gasteiger charge is -2.10. The Kier molecular flexibility index (Phi) is 16.1. The van der Waals surface area contributed by atoms with Crippen LogP contribution in [-0.4, -0.2) is 39.9 Å². The van der Waals surface area contributed by atoms with E-state index in [0.29, 0.717) is 0 Å². The molecule has 0 saturated carbocycles. The van der Waals surface area contributed by atoms with E-state index in [1.165, 1.54) is 43.8 Å². The number of fused-ring (bicyclic) bond motifs is 13. The van der Waals surface area contributed by atoms with Crippen LogP contribution in [0.15, 0.2) is 388 Å². The molecule has 112 heavy (non-hydrogen) atoms. The fourth-order valence-electron chi connectivity index (χ4n) is 15.7. The van der Waals surface area contributed by atoms with Gasteiger partial charge >= 0.3 is 0 Å². The Morgan fingerprint density at radius 2 is 0.429 bits per heavy atom. The molecule has 0 fully saturated rings. The number of nitrogens with zero attached hydrogens (tertiary/aromatic N) is 8. The zero-order valence-electron chi connectivity index (χ0n) is 60.5. The highest BCUT2D eigenvalue weighted by molar-refractivity contribution is 6.10. The molecule has 8 aromatic heterocycles. The van der Waals surface area contributed by atoms with E-state index in [-0.39, 0.29) is 0 Å². The third-order valence-electron chi connectivity index (χ3n) is 21.7. The average Bonchev–Trinajstić information content (AvgIpc) is 0.798. The molecule has 0 bridgehead atoms. The van der Waals surface area contributed by atoms with Crippen LogP contribution in [0.1, 0.15) is 0 Å². The first-order valence-electron chi connectivity index (χ1n) is 37.7. The number of aromatic nitrogens is 8. The molecule has 0 N–H and O–H groups in total. The molecule has 14 aromatic carbocycles. The minimum Gasteiger partial charge on any atom is -0.248 e. The van der Waals surface area contributed by atoms with Crippen LogP contribution in [-0.2, 0) is 0 Å². The maximum absolute atomic E-state index is 5.16. The van der Waals surface area contributed by atoms with Crippen molar-refractivity contribution < 1.29 is 0 Å². The molecule has 22 aromatic rings. The first-order chi connectivity index (χ1) is 55.4. The van der Waals surface area contributed by atoms with Crippen molar-refractivity contribution in [2.24, 2.45) is 0 Å². The third-order valence-corrected chi connectivity index (χ3v) is 21.7. The topological polar surface area (TPSA) is 103 Å². The normalized spacial score (nSPS) is 11.6. The van der Waals surface area contributed by atoms with Crippen LogP contribution >= 0.6 is 0 Å². The Morgan fingerprint density at radius 1 is 0.125 bits per heavy atom. The maximum Gasteiger partial charge on any atom is 0.0972 e. The van der Waals surface area contributed by atoms with Gasteiger partial charge in [0.1, 0.15) is 0 Å². The molecule has 0 spiro atoms. The summed E-state index contributed by atoms with van der Waals surface area (Å²) in [5.41, 5.74) is 28.0. The summed E-state index contributed by atoms with van der Waals surface area (Å²) in [6.07, 6.45) is 0. The Labute approximate surface area is 645 Å². The van der Waals surface area contributed by atoms with Crippen molar-refractivity contribution in [3.63, 3.8) is 0 Å². The number of hydrogen-bond acceptors (Lipinski definition) is 8. The van der Waals surface area contributed by atoms with Crippen LogP contribution in [0.25, 0.3) is 221 Å². The molecule has 8 heterocycles. The van der Waals surface area contributed by atoms with E-state index < -0.39 is 0 Å². The van der Waals surface area contributed by atoms with Gasteiger partial charge in [-0.05, 0) is 129 Å². The van der Waals surface area contributed by atoms with Crippen molar-refractivity contribution in [2.45, 2.75) is 0 Å². The summed E-state index contributed by atoms with van der Waals surface area (Å²) < 4.78 is 0. The molecular weight excluding hydrogens is 1360 g/mol. The van der Waals surface area contributed by atoms with Gasteiger partial charge in [0.15, 0.2) is 0 Å². The molecule has 0 aliphatic heterocycles. The van der Waals surface area contributed by atoms with Gasteiger partial charge in [0, 0.05) is 87.6 Å². The summed E-state index contributed by atoms with van der Waals surface area (Å²) in [6.45, 7) is 0.